The molecule has 1 fully saturated rings. The second-order valence-corrected chi connectivity index (χ2v) is 9.92. The summed E-state index contributed by atoms with van der Waals surface area (Å²) in [5.41, 5.74) is 4.52. The number of aromatic nitrogens is 3. The van der Waals surface area contributed by atoms with E-state index < -0.39 is 0 Å². The number of likely N-dealkylation sites (tertiary alicyclic amines) is 1. The number of piperidine rings is 1. The van der Waals surface area contributed by atoms with Crippen LogP contribution in [-0.4, -0.2) is 57.7 Å². The third kappa shape index (κ3) is 4.67. The molecule has 0 atom stereocenters. The van der Waals surface area contributed by atoms with Crippen molar-refractivity contribution in [2.75, 3.05) is 26.8 Å². The Balaban J connectivity index is 1.22. The van der Waals surface area contributed by atoms with Crippen LogP contribution in [0, 0.1) is 12.8 Å². The van der Waals surface area contributed by atoms with Gasteiger partial charge in [-0.1, -0.05) is 18.2 Å². The van der Waals surface area contributed by atoms with Crippen LogP contribution in [0.25, 0.3) is 21.8 Å². The molecule has 1 saturated heterocycles. The van der Waals surface area contributed by atoms with Gasteiger partial charge in [-0.25, -0.2) is 0 Å². The van der Waals surface area contributed by atoms with Gasteiger partial charge in [0.05, 0.1) is 5.52 Å². The molecule has 0 bridgehead atoms. The predicted octanol–water partition coefficient (Wildman–Crippen LogP) is 5.00. The molecule has 7 nitrogen and oxygen atoms in total. The number of amides is 1. The molecule has 2 aromatic carbocycles. The summed E-state index contributed by atoms with van der Waals surface area (Å²) in [6.07, 6.45) is 5.20. The zero-order valence-electron chi connectivity index (χ0n) is 21.4. The number of carbonyl (C=O) groups excluding carboxylic acids is 2. The van der Waals surface area contributed by atoms with Crippen LogP contribution >= 0.6 is 0 Å². The summed E-state index contributed by atoms with van der Waals surface area (Å²) in [5.74, 6) is 0.726. The third-order valence-electron chi connectivity index (χ3n) is 7.58. The standard InChI is InChI=1S/C29H34N4O3/c1-20-23(28(34)9-6-16-36-3)10-11-25-24(20)19-33(30-25)18-21-12-14-32(15-13-21)29(35)27-17-22-7-4-5-8-26(22)31(27)2/h4-5,7-8,10-11,17,19,21H,6,9,12-16,18H2,1-3H3. The van der Waals surface area contributed by atoms with Gasteiger partial charge in [0.25, 0.3) is 5.91 Å². The Kier molecular flexibility index (Phi) is 6.92. The van der Waals surface area contributed by atoms with Gasteiger partial charge in [-0.15, -0.1) is 0 Å². The number of methoxy groups -OCH3 is 1. The smallest absolute Gasteiger partial charge is 0.270 e. The fraction of sp³-hybridized carbons (Fsp3) is 0.414. The van der Waals surface area contributed by atoms with Crippen LogP contribution in [0.4, 0.5) is 0 Å². The molecule has 0 spiro atoms. The van der Waals surface area contributed by atoms with E-state index in [0.717, 1.165) is 77.5 Å². The summed E-state index contributed by atoms with van der Waals surface area (Å²) in [4.78, 5) is 27.9. The molecule has 0 radical (unpaired) electrons. The first-order valence-electron chi connectivity index (χ1n) is 12.8. The van der Waals surface area contributed by atoms with Crippen LogP contribution in [0.2, 0.25) is 0 Å². The van der Waals surface area contributed by atoms with E-state index in [9.17, 15) is 9.59 Å². The van der Waals surface area contributed by atoms with E-state index in [-0.39, 0.29) is 11.7 Å². The van der Waals surface area contributed by atoms with Gasteiger partial charge in [0.2, 0.25) is 0 Å². The summed E-state index contributed by atoms with van der Waals surface area (Å²) in [5, 5.41) is 6.92. The lowest BCUT2D eigenvalue weighted by atomic mass is 9.96. The van der Waals surface area contributed by atoms with Gasteiger partial charge < -0.3 is 14.2 Å². The van der Waals surface area contributed by atoms with Crippen LogP contribution < -0.4 is 0 Å². The minimum Gasteiger partial charge on any atom is -0.385 e. The lowest BCUT2D eigenvalue weighted by Gasteiger charge is -2.32. The average Bonchev–Trinajstić information content (AvgIpc) is 3.45. The Bertz CT molecular complexity index is 1410. The van der Waals surface area contributed by atoms with Crippen LogP contribution in [-0.2, 0) is 18.3 Å². The Morgan fingerprint density at radius 3 is 2.64 bits per heavy atom. The van der Waals surface area contributed by atoms with Crippen molar-refractivity contribution in [3.05, 3.63) is 65.5 Å². The van der Waals surface area contributed by atoms with Gasteiger partial charge in [-0.05, 0) is 61.9 Å². The highest BCUT2D eigenvalue weighted by atomic mass is 16.5. The molecular weight excluding hydrogens is 452 g/mol. The number of Topliss-reactive ketones (excluding diaryl/α,β-unsaturated/α-hetero) is 1. The molecule has 36 heavy (non-hydrogen) atoms. The zero-order chi connectivity index (χ0) is 25.2. The zero-order valence-corrected chi connectivity index (χ0v) is 21.4. The first-order chi connectivity index (χ1) is 17.5. The molecule has 1 aliphatic rings. The Morgan fingerprint density at radius 2 is 1.89 bits per heavy atom. The maximum Gasteiger partial charge on any atom is 0.270 e. The number of ketones is 1. The fourth-order valence-corrected chi connectivity index (χ4v) is 5.43. The molecular formula is C29H34N4O3. The molecule has 2 aromatic heterocycles. The second kappa shape index (κ2) is 10.3. The molecule has 0 aliphatic carbocycles. The van der Waals surface area contributed by atoms with Gasteiger partial charge in [0.15, 0.2) is 5.78 Å². The van der Waals surface area contributed by atoms with E-state index in [1.165, 1.54) is 0 Å². The highest BCUT2D eigenvalue weighted by Crippen LogP contribution is 2.26. The van der Waals surface area contributed by atoms with Crippen molar-refractivity contribution in [3.63, 3.8) is 0 Å². The summed E-state index contributed by atoms with van der Waals surface area (Å²) in [6, 6.07) is 14.0. The van der Waals surface area contributed by atoms with Crippen molar-refractivity contribution in [3.8, 4) is 0 Å². The van der Waals surface area contributed by atoms with Crippen LogP contribution in [0.1, 0.15) is 52.1 Å². The summed E-state index contributed by atoms with van der Waals surface area (Å²) < 4.78 is 9.09. The van der Waals surface area contributed by atoms with Crippen molar-refractivity contribution < 1.29 is 14.3 Å². The van der Waals surface area contributed by atoms with E-state index in [4.69, 9.17) is 9.84 Å². The largest absolute Gasteiger partial charge is 0.385 e. The number of nitrogens with zero attached hydrogens (tertiary/aromatic N) is 4. The molecule has 0 saturated carbocycles. The summed E-state index contributed by atoms with van der Waals surface area (Å²) in [6.45, 7) is 4.93. The number of fused-ring (bicyclic) bond motifs is 2. The van der Waals surface area contributed by atoms with Crippen LogP contribution in [0.15, 0.2) is 48.7 Å². The summed E-state index contributed by atoms with van der Waals surface area (Å²) in [7, 11) is 3.62. The Hall–Kier alpha value is -3.45. The number of hydrogen-bond donors (Lipinski definition) is 0. The minimum absolute atomic E-state index is 0.107. The monoisotopic (exact) mass is 486 g/mol. The topological polar surface area (TPSA) is 69.4 Å². The van der Waals surface area contributed by atoms with Crippen LogP contribution in [0.3, 0.4) is 0 Å². The normalized spacial score (nSPS) is 14.7. The third-order valence-corrected chi connectivity index (χ3v) is 7.58. The SMILES string of the molecule is COCCCC(=O)c1ccc2nn(CC3CCN(C(=O)c4cc5ccccc5n4C)CC3)cc2c1C. The van der Waals surface area contributed by atoms with Crippen molar-refractivity contribution in [1.29, 1.82) is 0 Å². The highest BCUT2D eigenvalue weighted by molar-refractivity contribution is 6.02. The molecule has 5 rings (SSSR count). The first-order valence-corrected chi connectivity index (χ1v) is 12.8. The number of rotatable bonds is 8. The fourth-order valence-electron chi connectivity index (χ4n) is 5.43. The molecule has 7 heteroatoms. The maximum atomic E-state index is 13.2. The molecule has 0 N–H and O–H groups in total. The van der Waals surface area contributed by atoms with Crippen molar-refractivity contribution >= 4 is 33.5 Å². The number of para-hydroxylation sites is 1. The number of aryl methyl sites for hydroxylation is 2. The maximum absolute atomic E-state index is 13.2. The van der Waals surface area contributed by atoms with Crippen molar-refractivity contribution in [2.45, 2.75) is 39.2 Å². The van der Waals surface area contributed by atoms with Gasteiger partial charge in [0, 0.05) is 74.9 Å². The number of benzene rings is 2. The van der Waals surface area contributed by atoms with E-state index >= 15 is 0 Å². The van der Waals surface area contributed by atoms with E-state index in [2.05, 4.69) is 18.3 Å². The average molecular weight is 487 g/mol. The van der Waals surface area contributed by atoms with Crippen molar-refractivity contribution in [2.24, 2.45) is 13.0 Å². The van der Waals surface area contributed by atoms with Crippen LogP contribution in [0.5, 0.6) is 0 Å². The Labute approximate surface area is 211 Å². The Morgan fingerprint density at radius 1 is 1.11 bits per heavy atom. The van der Waals surface area contributed by atoms with E-state index in [1.807, 2.05) is 58.5 Å². The van der Waals surface area contributed by atoms with Gasteiger partial charge >= 0.3 is 0 Å². The first kappa shape index (κ1) is 24.3. The quantitative estimate of drug-likeness (QED) is 0.260. The minimum atomic E-state index is 0.107. The molecule has 3 heterocycles. The lowest BCUT2D eigenvalue weighted by molar-refractivity contribution is 0.0672. The number of carbonyl (C=O) groups is 2. The summed E-state index contributed by atoms with van der Waals surface area (Å²) >= 11 is 0. The van der Waals surface area contributed by atoms with Crippen molar-refractivity contribution in [1.82, 2.24) is 19.2 Å². The number of hydrogen-bond acceptors (Lipinski definition) is 4. The molecule has 0 unspecified atom stereocenters. The van der Waals surface area contributed by atoms with Gasteiger partial charge in [0.1, 0.15) is 5.69 Å². The van der Waals surface area contributed by atoms with Gasteiger partial charge in [-0.2, -0.15) is 5.10 Å². The van der Waals surface area contributed by atoms with E-state index in [0.29, 0.717) is 18.9 Å². The second-order valence-electron chi connectivity index (χ2n) is 9.92. The van der Waals surface area contributed by atoms with Gasteiger partial charge in [-0.3, -0.25) is 14.3 Å². The predicted molar refractivity (Wildman–Crippen MR) is 141 cm³/mol. The number of ether oxygens (including phenoxy) is 1. The molecule has 188 valence electrons. The molecule has 1 amide bonds. The lowest BCUT2D eigenvalue weighted by Crippen LogP contribution is -2.40. The van der Waals surface area contributed by atoms with E-state index in [1.54, 1.807) is 7.11 Å². The highest BCUT2D eigenvalue weighted by Gasteiger charge is 2.26. The molecule has 4 aromatic rings. The molecule has 1 aliphatic heterocycles.